The smallest absolute Gasteiger partial charge is 0.413 e. The summed E-state index contributed by atoms with van der Waals surface area (Å²) in [4.78, 5) is 14.1. The van der Waals surface area contributed by atoms with Crippen molar-refractivity contribution in [3.63, 3.8) is 0 Å². The minimum atomic E-state index is -0.822. The summed E-state index contributed by atoms with van der Waals surface area (Å²) in [5.41, 5.74) is 1.75. The fraction of sp³-hybridized carbons (Fsp3) is 0.562. The molecule has 128 valence electrons. The fourth-order valence-corrected chi connectivity index (χ4v) is 2.57. The van der Waals surface area contributed by atoms with E-state index in [1.165, 1.54) is 11.0 Å². The van der Waals surface area contributed by atoms with Crippen molar-refractivity contribution in [3.05, 3.63) is 29.6 Å². The molecule has 1 aliphatic heterocycles. The molecule has 2 rings (SSSR count). The van der Waals surface area contributed by atoms with Crippen molar-refractivity contribution in [2.45, 2.75) is 52.0 Å². The first-order valence-corrected chi connectivity index (χ1v) is 7.47. The van der Waals surface area contributed by atoms with Crippen molar-refractivity contribution in [2.75, 3.05) is 12.0 Å². The maximum absolute atomic E-state index is 13.6. The largest absolute Gasteiger partial charge is 0.444 e. The van der Waals surface area contributed by atoms with Crippen LogP contribution in [0.1, 0.15) is 46.2 Å². The van der Waals surface area contributed by atoms with Crippen LogP contribution in [0.5, 0.6) is 0 Å². The van der Waals surface area contributed by atoms with Crippen molar-refractivity contribution >= 4 is 11.8 Å². The number of hydrazine groups is 1. The first-order chi connectivity index (χ1) is 10.5. The number of nitrogen functional groups attached to an aromatic ring is 1. The SMILES string of the molecule is CC(C)(C)OC(=O)N1C(c2ccc(F)c(NN)c2)COC1(C)C. The highest BCUT2D eigenvalue weighted by atomic mass is 19.1. The third-order valence-electron chi connectivity index (χ3n) is 3.61. The number of ether oxygens (including phenoxy) is 2. The van der Waals surface area contributed by atoms with E-state index in [0.717, 1.165) is 5.56 Å². The van der Waals surface area contributed by atoms with Gasteiger partial charge in [-0.05, 0) is 52.3 Å². The molecule has 1 atom stereocenters. The molecule has 1 saturated heterocycles. The molecular formula is C16H24FN3O3. The van der Waals surface area contributed by atoms with Gasteiger partial charge in [0.25, 0.3) is 0 Å². The lowest BCUT2D eigenvalue weighted by molar-refractivity contribution is -0.0626. The van der Waals surface area contributed by atoms with Crippen LogP contribution in [0, 0.1) is 5.82 Å². The van der Waals surface area contributed by atoms with Crippen LogP contribution in [0.25, 0.3) is 0 Å². The molecule has 0 aromatic heterocycles. The van der Waals surface area contributed by atoms with E-state index in [0.29, 0.717) is 6.61 Å². The van der Waals surface area contributed by atoms with E-state index in [-0.39, 0.29) is 11.7 Å². The lowest BCUT2D eigenvalue weighted by Gasteiger charge is -2.35. The molecule has 6 nitrogen and oxygen atoms in total. The number of nitrogens with zero attached hydrogens (tertiary/aromatic N) is 1. The van der Waals surface area contributed by atoms with E-state index in [1.807, 2.05) is 0 Å². The van der Waals surface area contributed by atoms with Crippen molar-refractivity contribution in [2.24, 2.45) is 5.84 Å². The molecule has 1 amide bonds. The maximum Gasteiger partial charge on any atom is 0.413 e. The highest BCUT2D eigenvalue weighted by molar-refractivity contribution is 5.70. The molecule has 7 heteroatoms. The Hall–Kier alpha value is -1.86. The molecule has 0 bridgehead atoms. The predicted octanol–water partition coefficient (Wildman–Crippen LogP) is 3.16. The molecule has 23 heavy (non-hydrogen) atoms. The van der Waals surface area contributed by atoms with Gasteiger partial charge in [-0.2, -0.15) is 0 Å². The van der Waals surface area contributed by atoms with Gasteiger partial charge in [0, 0.05) is 0 Å². The Balaban J connectivity index is 2.35. The first-order valence-electron chi connectivity index (χ1n) is 7.47. The average Bonchev–Trinajstić information content (AvgIpc) is 2.73. The number of carbonyl (C=O) groups excluding carboxylic acids is 1. The van der Waals surface area contributed by atoms with E-state index in [1.54, 1.807) is 46.8 Å². The molecule has 1 heterocycles. The number of hydrogen-bond acceptors (Lipinski definition) is 5. The number of rotatable bonds is 2. The lowest BCUT2D eigenvalue weighted by Crippen LogP contribution is -2.47. The topological polar surface area (TPSA) is 76.8 Å². The molecule has 0 spiro atoms. The van der Waals surface area contributed by atoms with Gasteiger partial charge in [-0.1, -0.05) is 6.07 Å². The summed E-state index contributed by atoms with van der Waals surface area (Å²) in [6.07, 6.45) is -0.475. The molecule has 1 aromatic carbocycles. The van der Waals surface area contributed by atoms with E-state index >= 15 is 0 Å². The number of benzene rings is 1. The van der Waals surface area contributed by atoms with Crippen LogP contribution in [0.2, 0.25) is 0 Å². The first kappa shape index (κ1) is 17.5. The van der Waals surface area contributed by atoms with Crippen molar-refractivity contribution in [1.82, 2.24) is 4.90 Å². The molecule has 3 N–H and O–H groups in total. The minimum absolute atomic E-state index is 0.163. The second-order valence-electron chi connectivity index (χ2n) is 7.01. The molecule has 1 fully saturated rings. The third-order valence-corrected chi connectivity index (χ3v) is 3.61. The van der Waals surface area contributed by atoms with Gasteiger partial charge in [0.15, 0.2) is 0 Å². The monoisotopic (exact) mass is 325 g/mol. The number of carbonyl (C=O) groups is 1. The van der Waals surface area contributed by atoms with Crippen LogP contribution in [0.4, 0.5) is 14.9 Å². The van der Waals surface area contributed by atoms with Crippen molar-refractivity contribution in [3.8, 4) is 0 Å². The second kappa shape index (κ2) is 5.98. The zero-order valence-electron chi connectivity index (χ0n) is 14.1. The van der Waals surface area contributed by atoms with Crippen molar-refractivity contribution < 1.29 is 18.7 Å². The quantitative estimate of drug-likeness (QED) is 0.645. The minimum Gasteiger partial charge on any atom is -0.444 e. The van der Waals surface area contributed by atoms with Gasteiger partial charge < -0.3 is 14.9 Å². The summed E-state index contributed by atoms with van der Waals surface area (Å²) in [7, 11) is 0. The van der Waals surface area contributed by atoms with Crippen LogP contribution in [-0.2, 0) is 9.47 Å². The summed E-state index contributed by atoms with van der Waals surface area (Å²) >= 11 is 0. The molecule has 1 unspecified atom stereocenters. The van der Waals surface area contributed by atoms with Crippen LogP contribution < -0.4 is 11.3 Å². The number of nitrogens with two attached hydrogens (primary N) is 1. The Morgan fingerprint density at radius 2 is 2.13 bits per heavy atom. The Morgan fingerprint density at radius 1 is 1.48 bits per heavy atom. The van der Waals surface area contributed by atoms with E-state index in [4.69, 9.17) is 15.3 Å². The average molecular weight is 325 g/mol. The molecule has 1 aromatic rings. The molecule has 0 aliphatic carbocycles. The lowest BCUT2D eigenvalue weighted by atomic mass is 10.0. The highest BCUT2D eigenvalue weighted by Gasteiger charge is 2.46. The summed E-state index contributed by atoms with van der Waals surface area (Å²) in [5, 5.41) is 0. The fourth-order valence-electron chi connectivity index (χ4n) is 2.57. The zero-order chi connectivity index (χ0) is 17.4. The Bertz CT molecular complexity index is 599. The third kappa shape index (κ3) is 3.73. The van der Waals surface area contributed by atoms with Gasteiger partial charge in [0.2, 0.25) is 0 Å². The summed E-state index contributed by atoms with van der Waals surface area (Å²) in [5.74, 6) is 4.86. The van der Waals surface area contributed by atoms with Gasteiger partial charge in [-0.15, -0.1) is 0 Å². The van der Waals surface area contributed by atoms with Crippen LogP contribution in [0.3, 0.4) is 0 Å². The second-order valence-corrected chi connectivity index (χ2v) is 7.01. The van der Waals surface area contributed by atoms with Gasteiger partial charge in [-0.3, -0.25) is 10.7 Å². The number of hydrogen-bond donors (Lipinski definition) is 2. The number of amides is 1. The van der Waals surface area contributed by atoms with E-state index in [9.17, 15) is 9.18 Å². The Labute approximate surface area is 135 Å². The molecule has 0 radical (unpaired) electrons. The van der Waals surface area contributed by atoms with Gasteiger partial charge in [-0.25, -0.2) is 9.18 Å². The van der Waals surface area contributed by atoms with Crippen LogP contribution in [-0.4, -0.2) is 28.9 Å². The van der Waals surface area contributed by atoms with Gasteiger partial charge in [0.05, 0.1) is 18.3 Å². The summed E-state index contributed by atoms with van der Waals surface area (Å²) in [6.45, 7) is 9.29. The van der Waals surface area contributed by atoms with Gasteiger partial charge in [0.1, 0.15) is 17.1 Å². The van der Waals surface area contributed by atoms with E-state index < -0.39 is 23.2 Å². The van der Waals surface area contributed by atoms with Crippen LogP contribution >= 0.6 is 0 Å². The van der Waals surface area contributed by atoms with Gasteiger partial charge >= 0.3 is 6.09 Å². The number of nitrogens with one attached hydrogen (secondary N) is 1. The molecular weight excluding hydrogens is 301 g/mol. The molecule has 1 aliphatic rings. The van der Waals surface area contributed by atoms with Crippen LogP contribution in [0.15, 0.2) is 18.2 Å². The standard InChI is InChI=1S/C16H24FN3O3/c1-15(2,3)23-14(21)20-13(9-22-16(20,4)5)10-6-7-11(17)12(8-10)19-18/h6-8,13,19H,9,18H2,1-5H3. The summed E-state index contributed by atoms with van der Waals surface area (Å²) in [6, 6.07) is 4.11. The Morgan fingerprint density at radius 3 is 2.70 bits per heavy atom. The number of anilines is 1. The maximum atomic E-state index is 13.6. The predicted molar refractivity (Wildman–Crippen MR) is 85.1 cm³/mol. The van der Waals surface area contributed by atoms with E-state index in [2.05, 4.69) is 5.43 Å². The zero-order valence-corrected chi connectivity index (χ0v) is 14.1. The summed E-state index contributed by atoms with van der Waals surface area (Å²) < 4.78 is 24.8. The van der Waals surface area contributed by atoms with Crippen molar-refractivity contribution in [1.29, 1.82) is 0 Å². The number of halogens is 1. The molecule has 0 saturated carbocycles. The highest BCUT2D eigenvalue weighted by Crippen LogP contribution is 2.38. The normalized spacial score (nSPS) is 20.5. The Kier molecular flexibility index (Phi) is 4.54.